The Bertz CT molecular complexity index is 546. The molecule has 2 heterocycles. The van der Waals surface area contributed by atoms with E-state index in [2.05, 4.69) is 32.7 Å². The van der Waals surface area contributed by atoms with Crippen LogP contribution in [0.5, 0.6) is 0 Å². The van der Waals surface area contributed by atoms with E-state index in [1.54, 1.807) is 12.6 Å². The highest BCUT2D eigenvalue weighted by Gasteiger charge is 2.03. The topological polar surface area (TPSA) is 80.3 Å². The van der Waals surface area contributed by atoms with Crippen LogP contribution in [0, 0.1) is 0 Å². The Morgan fingerprint density at radius 2 is 2.29 bits per heavy atom. The first-order valence-corrected chi connectivity index (χ1v) is 7.24. The molecule has 0 amide bonds. The lowest BCUT2D eigenvalue weighted by molar-refractivity contribution is 0.506. The number of aliphatic imine (C=N–C) groups is 1. The van der Waals surface area contributed by atoms with E-state index in [1.807, 2.05) is 23.6 Å². The van der Waals surface area contributed by atoms with Gasteiger partial charge in [-0.3, -0.25) is 0 Å². The van der Waals surface area contributed by atoms with Crippen LogP contribution in [-0.2, 0) is 19.5 Å². The van der Waals surface area contributed by atoms with Gasteiger partial charge >= 0.3 is 0 Å². The highest BCUT2D eigenvalue weighted by atomic mass is 16.3. The van der Waals surface area contributed by atoms with Crippen LogP contribution in [0.1, 0.15) is 25.4 Å². The summed E-state index contributed by atoms with van der Waals surface area (Å²) < 4.78 is 7.28. The fraction of sp³-hybridized carbons (Fsp3) is 0.500. The van der Waals surface area contributed by atoms with Gasteiger partial charge < -0.3 is 19.6 Å². The van der Waals surface area contributed by atoms with E-state index in [-0.39, 0.29) is 0 Å². The summed E-state index contributed by atoms with van der Waals surface area (Å²) in [6.45, 7) is 7.03. The SMILES string of the molecule is CCNC(=NCc1nncn1CC)NCCc1ccco1. The van der Waals surface area contributed by atoms with Crippen molar-refractivity contribution in [1.29, 1.82) is 0 Å². The molecule has 114 valence electrons. The Hall–Kier alpha value is -2.31. The minimum absolute atomic E-state index is 0.504. The van der Waals surface area contributed by atoms with Gasteiger partial charge in [-0.1, -0.05) is 0 Å². The number of hydrogen-bond donors (Lipinski definition) is 2. The van der Waals surface area contributed by atoms with E-state index < -0.39 is 0 Å². The molecule has 7 heteroatoms. The van der Waals surface area contributed by atoms with Crippen molar-refractivity contribution in [3.05, 3.63) is 36.3 Å². The Morgan fingerprint density at radius 1 is 1.38 bits per heavy atom. The molecule has 0 aliphatic rings. The van der Waals surface area contributed by atoms with Gasteiger partial charge in [-0.25, -0.2) is 4.99 Å². The van der Waals surface area contributed by atoms with Crippen LogP contribution in [0.3, 0.4) is 0 Å². The lowest BCUT2D eigenvalue weighted by atomic mass is 10.3. The fourth-order valence-corrected chi connectivity index (χ4v) is 1.92. The molecule has 0 radical (unpaired) electrons. The minimum atomic E-state index is 0.504. The largest absolute Gasteiger partial charge is 0.469 e. The maximum absolute atomic E-state index is 5.30. The summed E-state index contributed by atoms with van der Waals surface area (Å²) in [5.41, 5.74) is 0. The molecule has 0 aromatic carbocycles. The smallest absolute Gasteiger partial charge is 0.191 e. The first-order valence-electron chi connectivity index (χ1n) is 7.24. The van der Waals surface area contributed by atoms with Crippen molar-refractivity contribution in [2.75, 3.05) is 13.1 Å². The zero-order chi connectivity index (χ0) is 14.9. The van der Waals surface area contributed by atoms with Gasteiger partial charge in [-0.2, -0.15) is 0 Å². The van der Waals surface area contributed by atoms with Crippen molar-refractivity contribution in [2.24, 2.45) is 4.99 Å². The first-order chi connectivity index (χ1) is 10.3. The van der Waals surface area contributed by atoms with E-state index in [4.69, 9.17) is 4.42 Å². The van der Waals surface area contributed by atoms with Crippen LogP contribution in [0.25, 0.3) is 0 Å². The lowest BCUT2D eigenvalue weighted by Crippen LogP contribution is -2.38. The normalized spacial score (nSPS) is 11.6. The maximum atomic E-state index is 5.30. The summed E-state index contributed by atoms with van der Waals surface area (Å²) in [5.74, 6) is 2.60. The van der Waals surface area contributed by atoms with E-state index in [0.29, 0.717) is 6.54 Å². The molecule has 2 aromatic heterocycles. The average Bonchev–Trinajstić information content (AvgIpc) is 3.15. The molecule has 2 N–H and O–H groups in total. The molecule has 0 unspecified atom stereocenters. The lowest BCUT2D eigenvalue weighted by Gasteiger charge is -2.10. The zero-order valence-electron chi connectivity index (χ0n) is 12.5. The van der Waals surface area contributed by atoms with E-state index in [0.717, 1.165) is 43.6 Å². The number of nitrogens with one attached hydrogen (secondary N) is 2. The van der Waals surface area contributed by atoms with Gasteiger partial charge in [0.25, 0.3) is 0 Å². The highest BCUT2D eigenvalue weighted by Crippen LogP contribution is 2.00. The molecular weight excluding hydrogens is 268 g/mol. The molecule has 7 nitrogen and oxygen atoms in total. The van der Waals surface area contributed by atoms with Crippen molar-refractivity contribution >= 4 is 5.96 Å². The monoisotopic (exact) mass is 290 g/mol. The van der Waals surface area contributed by atoms with Crippen LogP contribution in [0.4, 0.5) is 0 Å². The number of guanidine groups is 1. The second-order valence-corrected chi connectivity index (χ2v) is 4.48. The molecule has 0 saturated heterocycles. The van der Waals surface area contributed by atoms with Gasteiger partial charge in [0.15, 0.2) is 11.8 Å². The van der Waals surface area contributed by atoms with Crippen LogP contribution >= 0.6 is 0 Å². The molecule has 0 fully saturated rings. The zero-order valence-corrected chi connectivity index (χ0v) is 12.5. The van der Waals surface area contributed by atoms with E-state index in [1.165, 1.54) is 0 Å². The van der Waals surface area contributed by atoms with Gasteiger partial charge in [-0.15, -0.1) is 10.2 Å². The molecule has 2 rings (SSSR count). The van der Waals surface area contributed by atoms with Gasteiger partial charge in [0, 0.05) is 26.1 Å². The van der Waals surface area contributed by atoms with Gasteiger partial charge in [0.2, 0.25) is 0 Å². The van der Waals surface area contributed by atoms with Crippen LogP contribution in [0.2, 0.25) is 0 Å². The minimum Gasteiger partial charge on any atom is -0.469 e. The maximum Gasteiger partial charge on any atom is 0.191 e. The van der Waals surface area contributed by atoms with Crippen LogP contribution in [0.15, 0.2) is 34.1 Å². The second-order valence-electron chi connectivity index (χ2n) is 4.48. The molecule has 0 bridgehead atoms. The third-order valence-corrected chi connectivity index (χ3v) is 3.00. The summed E-state index contributed by atoms with van der Waals surface area (Å²) in [5, 5.41) is 14.5. The molecular formula is C14H22N6O. The summed E-state index contributed by atoms with van der Waals surface area (Å²) in [6.07, 6.45) is 4.23. The van der Waals surface area contributed by atoms with Crippen molar-refractivity contribution in [3.63, 3.8) is 0 Å². The van der Waals surface area contributed by atoms with Gasteiger partial charge in [0.1, 0.15) is 18.6 Å². The quantitative estimate of drug-likeness (QED) is 0.591. The van der Waals surface area contributed by atoms with Crippen molar-refractivity contribution in [3.8, 4) is 0 Å². The Labute approximate surface area is 124 Å². The summed E-state index contributed by atoms with van der Waals surface area (Å²) in [4.78, 5) is 4.52. The predicted octanol–water partition coefficient (Wildman–Crippen LogP) is 1.19. The number of aryl methyl sites for hydroxylation is 1. The molecule has 0 aliphatic carbocycles. The Kier molecular flexibility index (Phi) is 5.81. The standard InChI is InChI=1S/C14H22N6O/c1-3-15-14(16-8-7-12-6-5-9-21-12)17-10-13-19-18-11-20(13)4-2/h5-6,9,11H,3-4,7-8,10H2,1-2H3,(H2,15,16,17). The summed E-state index contributed by atoms with van der Waals surface area (Å²) >= 11 is 0. The number of furan rings is 1. The number of nitrogens with zero attached hydrogens (tertiary/aromatic N) is 4. The molecule has 0 atom stereocenters. The van der Waals surface area contributed by atoms with Gasteiger partial charge in [-0.05, 0) is 26.0 Å². The van der Waals surface area contributed by atoms with Crippen molar-refractivity contribution in [2.45, 2.75) is 33.4 Å². The van der Waals surface area contributed by atoms with E-state index >= 15 is 0 Å². The van der Waals surface area contributed by atoms with Crippen molar-refractivity contribution in [1.82, 2.24) is 25.4 Å². The second kappa shape index (κ2) is 8.08. The van der Waals surface area contributed by atoms with Gasteiger partial charge in [0.05, 0.1) is 6.26 Å². The van der Waals surface area contributed by atoms with Crippen molar-refractivity contribution < 1.29 is 4.42 Å². The summed E-state index contributed by atoms with van der Waals surface area (Å²) in [7, 11) is 0. The number of rotatable bonds is 7. The first kappa shape index (κ1) is 15.1. The molecule has 0 saturated carbocycles. The predicted molar refractivity (Wildman–Crippen MR) is 80.9 cm³/mol. The van der Waals surface area contributed by atoms with Crippen LogP contribution in [-0.4, -0.2) is 33.8 Å². The molecule has 21 heavy (non-hydrogen) atoms. The van der Waals surface area contributed by atoms with Crippen LogP contribution < -0.4 is 10.6 Å². The molecule has 2 aromatic rings. The third-order valence-electron chi connectivity index (χ3n) is 3.00. The Morgan fingerprint density at radius 3 is 3.00 bits per heavy atom. The highest BCUT2D eigenvalue weighted by molar-refractivity contribution is 5.79. The number of aromatic nitrogens is 3. The molecule has 0 aliphatic heterocycles. The third kappa shape index (κ3) is 4.62. The number of hydrogen-bond acceptors (Lipinski definition) is 4. The fourth-order valence-electron chi connectivity index (χ4n) is 1.92. The summed E-state index contributed by atoms with van der Waals surface area (Å²) in [6, 6.07) is 3.86. The van der Waals surface area contributed by atoms with E-state index in [9.17, 15) is 0 Å². The Balaban J connectivity index is 1.86. The average molecular weight is 290 g/mol. The molecule has 0 spiro atoms.